The summed E-state index contributed by atoms with van der Waals surface area (Å²) >= 11 is 0. The quantitative estimate of drug-likeness (QED) is 0.0778. The first-order valence-electron chi connectivity index (χ1n) is 15.5. The van der Waals surface area contributed by atoms with Crippen LogP contribution in [0.4, 0.5) is 0 Å². The molecule has 0 amide bonds. The number of aliphatic hydroxyl groups is 1. The molecule has 0 heterocycles. The Bertz CT molecular complexity index is 539. The van der Waals surface area contributed by atoms with E-state index in [1.807, 2.05) is 0 Å². The van der Waals surface area contributed by atoms with Crippen LogP contribution in [0, 0.1) is 0 Å². The number of nitrogens with two attached hydrogens (primary N) is 1. The third-order valence-electron chi connectivity index (χ3n) is 7.36. The van der Waals surface area contributed by atoms with Gasteiger partial charge in [-0.25, -0.2) is 0 Å². The van der Waals surface area contributed by atoms with Gasteiger partial charge in [0.15, 0.2) is 0 Å². The summed E-state index contributed by atoms with van der Waals surface area (Å²) in [5.41, 5.74) is 4.40. The highest BCUT2D eigenvalue weighted by atomic mass is 31.2. The van der Waals surface area contributed by atoms with Gasteiger partial charge in [-0.1, -0.05) is 142 Å². The van der Waals surface area contributed by atoms with Gasteiger partial charge >= 0.3 is 0 Å². The van der Waals surface area contributed by atoms with Gasteiger partial charge < -0.3 is 15.4 Å². The molecule has 0 aromatic rings. The summed E-state index contributed by atoms with van der Waals surface area (Å²) in [5.74, 6) is -1.53. The second-order valence-corrected chi connectivity index (χ2v) is 13.6. The van der Waals surface area contributed by atoms with Gasteiger partial charge in [0.25, 0.3) is 0 Å². The molecule has 0 fully saturated rings. The van der Waals surface area contributed by atoms with Crippen molar-refractivity contribution in [2.24, 2.45) is 5.73 Å². The Morgan fingerprint density at radius 1 is 0.556 bits per heavy atom. The number of carbonyl (C=O) groups is 2. The summed E-state index contributed by atoms with van der Waals surface area (Å²) in [4.78, 5) is 25.5. The van der Waals surface area contributed by atoms with E-state index in [1.54, 1.807) is 0 Å². The van der Waals surface area contributed by atoms with Gasteiger partial charge in [0.1, 0.15) is 5.85 Å². The van der Waals surface area contributed by atoms with Crippen LogP contribution in [0.25, 0.3) is 0 Å². The third-order valence-corrected chi connectivity index (χ3v) is 10.3. The second kappa shape index (κ2) is 24.8. The number of carbonyl (C=O) groups excluding carboxylic acids is 2. The smallest absolute Gasteiger partial charge is 0.239 e. The SMILES string of the molecule is CCCCCCCCCCCCCC(=O)P(=O)(C(=O)CCCCCCCCCCCCC)C(O)CN. The monoisotopic (exact) mass is 529 g/mol. The lowest BCUT2D eigenvalue weighted by molar-refractivity contribution is -0.115. The topological polar surface area (TPSA) is 97.5 Å². The highest BCUT2D eigenvalue weighted by molar-refractivity contribution is 7.94. The maximum absolute atomic E-state index is 13.3. The molecule has 0 radical (unpaired) electrons. The molecule has 0 aliphatic carbocycles. The molecule has 0 aliphatic heterocycles. The first-order valence-corrected chi connectivity index (χ1v) is 17.3. The average Bonchev–Trinajstić information content (AvgIpc) is 2.88. The largest absolute Gasteiger partial charge is 0.383 e. The second-order valence-electron chi connectivity index (χ2n) is 10.7. The van der Waals surface area contributed by atoms with E-state index in [2.05, 4.69) is 13.8 Å². The van der Waals surface area contributed by atoms with Crippen molar-refractivity contribution in [3.63, 3.8) is 0 Å². The minimum Gasteiger partial charge on any atom is -0.383 e. The van der Waals surface area contributed by atoms with Crippen LogP contribution in [0.2, 0.25) is 0 Å². The van der Waals surface area contributed by atoms with E-state index in [4.69, 9.17) is 5.73 Å². The molecule has 0 aliphatic rings. The van der Waals surface area contributed by atoms with Gasteiger partial charge in [-0.15, -0.1) is 0 Å². The van der Waals surface area contributed by atoms with Crippen LogP contribution in [0.3, 0.4) is 0 Å². The lowest BCUT2D eigenvalue weighted by Gasteiger charge is -2.20. The fraction of sp³-hybridized carbons (Fsp3) is 0.933. The summed E-state index contributed by atoms with van der Waals surface area (Å²) in [6.07, 6.45) is 25.8. The predicted molar refractivity (Wildman–Crippen MR) is 155 cm³/mol. The summed E-state index contributed by atoms with van der Waals surface area (Å²) < 4.78 is 13.3. The van der Waals surface area contributed by atoms with Crippen molar-refractivity contribution in [1.29, 1.82) is 0 Å². The first-order chi connectivity index (χ1) is 17.4. The molecule has 1 unspecified atom stereocenters. The standard InChI is InChI=1S/C30H60NO4P/c1-3-5-7-9-11-13-15-17-19-21-23-25-28(32)36(35,30(34)27-31)29(33)26-24-22-20-18-16-14-12-10-8-6-4-2/h30,34H,3-27,31H2,1-2H3. The fourth-order valence-electron chi connectivity index (χ4n) is 4.83. The minimum absolute atomic E-state index is 0.106. The average molecular weight is 530 g/mol. The normalized spacial score (nSPS) is 12.7. The van der Waals surface area contributed by atoms with Crippen molar-refractivity contribution in [2.75, 3.05) is 6.54 Å². The van der Waals surface area contributed by atoms with E-state index in [-0.39, 0.29) is 19.4 Å². The number of hydrogen-bond acceptors (Lipinski definition) is 5. The summed E-state index contributed by atoms with van der Waals surface area (Å²) in [5, 5.41) is 10.2. The van der Waals surface area contributed by atoms with Crippen molar-refractivity contribution in [1.82, 2.24) is 0 Å². The van der Waals surface area contributed by atoms with E-state index >= 15 is 0 Å². The molecule has 5 nitrogen and oxygen atoms in total. The predicted octanol–water partition coefficient (Wildman–Crippen LogP) is 9.08. The zero-order chi connectivity index (χ0) is 26.9. The molecule has 0 rings (SSSR count). The van der Waals surface area contributed by atoms with E-state index in [9.17, 15) is 19.3 Å². The zero-order valence-electron chi connectivity index (χ0n) is 24.0. The van der Waals surface area contributed by atoms with Crippen LogP contribution in [0.5, 0.6) is 0 Å². The number of aliphatic hydroxyl groups excluding tert-OH is 1. The van der Waals surface area contributed by atoms with Crippen molar-refractivity contribution < 1.29 is 19.3 Å². The lowest BCUT2D eigenvalue weighted by Crippen LogP contribution is -2.27. The Balaban J connectivity index is 4.11. The molecule has 214 valence electrons. The molecule has 0 aromatic carbocycles. The Hall–Kier alpha value is -0.510. The van der Waals surface area contributed by atoms with Gasteiger partial charge in [-0.3, -0.25) is 9.59 Å². The highest BCUT2D eigenvalue weighted by Crippen LogP contribution is 2.53. The molecular formula is C30H60NO4P. The molecule has 6 heteroatoms. The van der Waals surface area contributed by atoms with Gasteiger partial charge in [0, 0.05) is 19.4 Å². The van der Waals surface area contributed by atoms with Crippen LogP contribution in [-0.2, 0) is 14.2 Å². The number of rotatable bonds is 28. The van der Waals surface area contributed by atoms with E-state index in [1.165, 1.54) is 89.9 Å². The Kier molecular flexibility index (Phi) is 24.5. The molecule has 0 bridgehead atoms. The maximum atomic E-state index is 13.3. The number of unbranched alkanes of at least 4 members (excludes halogenated alkanes) is 20. The molecular weight excluding hydrogens is 469 g/mol. The van der Waals surface area contributed by atoms with Crippen molar-refractivity contribution in [3.8, 4) is 0 Å². The van der Waals surface area contributed by atoms with Gasteiger partial charge in [0.2, 0.25) is 18.2 Å². The van der Waals surface area contributed by atoms with Crippen LogP contribution in [0.1, 0.15) is 168 Å². The molecule has 3 N–H and O–H groups in total. The van der Waals surface area contributed by atoms with E-state index in [0.717, 1.165) is 38.5 Å². The van der Waals surface area contributed by atoms with Crippen LogP contribution < -0.4 is 5.73 Å². The van der Waals surface area contributed by atoms with Crippen molar-refractivity contribution in [3.05, 3.63) is 0 Å². The van der Waals surface area contributed by atoms with E-state index < -0.39 is 24.0 Å². The zero-order valence-corrected chi connectivity index (χ0v) is 24.8. The maximum Gasteiger partial charge on any atom is 0.239 e. The molecule has 0 saturated carbocycles. The molecule has 36 heavy (non-hydrogen) atoms. The van der Waals surface area contributed by atoms with Crippen molar-refractivity contribution >= 4 is 18.2 Å². The summed E-state index contributed by atoms with van der Waals surface area (Å²) in [7, 11) is -4.00. The van der Waals surface area contributed by atoms with Crippen molar-refractivity contribution in [2.45, 2.75) is 174 Å². The Morgan fingerprint density at radius 2 is 0.806 bits per heavy atom. The minimum atomic E-state index is -4.00. The Labute approximate surface area is 223 Å². The van der Waals surface area contributed by atoms with Gasteiger partial charge in [-0.05, 0) is 12.8 Å². The fourth-order valence-corrected chi connectivity index (χ4v) is 7.05. The van der Waals surface area contributed by atoms with Crippen LogP contribution >= 0.6 is 7.14 Å². The van der Waals surface area contributed by atoms with Gasteiger partial charge in [-0.2, -0.15) is 0 Å². The third kappa shape index (κ3) is 17.1. The summed E-state index contributed by atoms with van der Waals surface area (Å²) in [6, 6.07) is 0. The molecule has 0 aromatic heterocycles. The molecule has 0 saturated heterocycles. The van der Waals surface area contributed by atoms with Gasteiger partial charge in [0.05, 0.1) is 0 Å². The number of hydrogen-bond donors (Lipinski definition) is 2. The molecule has 0 spiro atoms. The Morgan fingerprint density at radius 3 is 1.06 bits per heavy atom. The first kappa shape index (κ1) is 35.5. The lowest BCUT2D eigenvalue weighted by atomic mass is 10.1. The van der Waals surface area contributed by atoms with Crippen LogP contribution in [-0.4, -0.2) is 28.5 Å². The molecule has 1 atom stereocenters. The summed E-state index contributed by atoms with van der Waals surface area (Å²) in [6.45, 7) is 4.15. The highest BCUT2D eigenvalue weighted by Gasteiger charge is 2.44. The van der Waals surface area contributed by atoms with Crippen LogP contribution in [0.15, 0.2) is 0 Å². The van der Waals surface area contributed by atoms with E-state index in [0.29, 0.717) is 12.8 Å².